The quantitative estimate of drug-likeness (QED) is 0.414. The minimum Gasteiger partial charge on any atom is -0.205 e. The summed E-state index contributed by atoms with van der Waals surface area (Å²) in [5.41, 5.74) is 4.24. The highest BCUT2D eigenvalue weighted by Gasteiger charge is 2.08. The molecule has 0 nitrogen and oxygen atoms in total. The summed E-state index contributed by atoms with van der Waals surface area (Å²) in [7, 11) is 0. The zero-order chi connectivity index (χ0) is 20.6. The van der Waals surface area contributed by atoms with Gasteiger partial charge in [0.05, 0.1) is 5.56 Å². The molecule has 3 aromatic carbocycles. The van der Waals surface area contributed by atoms with Crippen molar-refractivity contribution in [2.75, 3.05) is 0 Å². The largest absolute Gasteiger partial charge is 0.205 e. The molecule has 0 saturated carbocycles. The molecule has 144 valence electrons. The van der Waals surface area contributed by atoms with Crippen molar-refractivity contribution in [2.45, 2.75) is 26.2 Å². The summed E-state index contributed by atoms with van der Waals surface area (Å²) in [5, 5.41) is 1.98. The lowest BCUT2D eigenvalue weighted by molar-refractivity contribution is 0.577. The van der Waals surface area contributed by atoms with Crippen LogP contribution in [0.3, 0.4) is 0 Å². The maximum absolute atomic E-state index is 13.9. The Kier molecular flexibility index (Phi) is 7.07. The van der Waals surface area contributed by atoms with Gasteiger partial charge in [0.25, 0.3) is 0 Å². The van der Waals surface area contributed by atoms with Gasteiger partial charge in [-0.25, -0.2) is 8.78 Å². The maximum Gasteiger partial charge on any atom is 0.143 e. The Balaban J connectivity index is 1.76. The summed E-state index contributed by atoms with van der Waals surface area (Å²) in [5.74, 6) is 6.36. The van der Waals surface area contributed by atoms with Gasteiger partial charge < -0.3 is 0 Å². The molecule has 0 spiro atoms. The van der Waals surface area contributed by atoms with Crippen LogP contribution in [-0.4, -0.2) is 0 Å². The van der Waals surface area contributed by atoms with Crippen LogP contribution in [0.5, 0.6) is 0 Å². The Bertz CT molecular complexity index is 1080. The van der Waals surface area contributed by atoms with Gasteiger partial charge >= 0.3 is 0 Å². The highest BCUT2D eigenvalue weighted by molar-refractivity contribution is 6.30. The third-order valence-electron chi connectivity index (χ3n) is 4.56. The first kappa shape index (κ1) is 20.7. The molecule has 0 fully saturated rings. The lowest BCUT2D eigenvalue weighted by Crippen LogP contribution is -1.92. The third-order valence-corrected chi connectivity index (χ3v) is 4.65. The van der Waals surface area contributed by atoms with E-state index in [4.69, 9.17) is 11.6 Å². The molecule has 0 N–H and O–H groups in total. The fourth-order valence-electron chi connectivity index (χ4n) is 2.95. The van der Waals surface area contributed by atoms with Gasteiger partial charge in [0.2, 0.25) is 0 Å². The van der Waals surface area contributed by atoms with Crippen LogP contribution < -0.4 is 0 Å². The molecule has 0 aliphatic carbocycles. The third kappa shape index (κ3) is 5.47. The van der Waals surface area contributed by atoms with Crippen molar-refractivity contribution >= 4 is 11.6 Å². The van der Waals surface area contributed by atoms with Crippen LogP contribution in [0.15, 0.2) is 60.7 Å². The number of hydrogen-bond donors (Lipinski definition) is 0. The number of benzene rings is 3. The SMILES string of the molecule is CCCCc1ccc(-c2ccc(C#Cc3cc(F)c(C#CCl)c(F)c3)cc2)cc1. The predicted molar refractivity (Wildman–Crippen MR) is 116 cm³/mol. The fourth-order valence-corrected chi connectivity index (χ4v) is 3.04. The fraction of sp³-hybridized carbons (Fsp3) is 0.154. The monoisotopic (exact) mass is 404 g/mol. The van der Waals surface area contributed by atoms with E-state index in [1.807, 2.05) is 29.6 Å². The second-order valence-electron chi connectivity index (χ2n) is 6.66. The summed E-state index contributed by atoms with van der Waals surface area (Å²) in [4.78, 5) is 0. The molecule has 3 rings (SSSR count). The van der Waals surface area contributed by atoms with Gasteiger partial charge in [-0.05, 0) is 71.3 Å². The topological polar surface area (TPSA) is 0 Å². The molecule has 3 heteroatoms. The smallest absolute Gasteiger partial charge is 0.143 e. The van der Waals surface area contributed by atoms with Crippen molar-refractivity contribution in [3.63, 3.8) is 0 Å². The van der Waals surface area contributed by atoms with E-state index in [1.54, 1.807) is 0 Å². The van der Waals surface area contributed by atoms with Crippen molar-refractivity contribution in [2.24, 2.45) is 0 Å². The van der Waals surface area contributed by atoms with Crippen LogP contribution in [0.4, 0.5) is 8.78 Å². The van der Waals surface area contributed by atoms with Gasteiger partial charge in [-0.3, -0.25) is 0 Å². The van der Waals surface area contributed by atoms with E-state index in [0.717, 1.165) is 35.2 Å². The first-order valence-corrected chi connectivity index (χ1v) is 9.80. The molecule has 0 unspecified atom stereocenters. The standard InChI is InChI=1S/C26H19ClF2/c1-2-3-4-19-7-11-22(12-8-19)23-13-9-20(10-14-23)5-6-21-17-25(28)24(15-16-27)26(29)18-21/h7-14,17-18H,2-4H2,1H3. The summed E-state index contributed by atoms with van der Waals surface area (Å²) in [6.07, 6.45) is 3.49. The average Bonchev–Trinajstić information content (AvgIpc) is 2.74. The van der Waals surface area contributed by atoms with E-state index in [-0.39, 0.29) is 11.1 Å². The van der Waals surface area contributed by atoms with E-state index >= 15 is 0 Å². The minimum absolute atomic E-state index is 0.242. The summed E-state index contributed by atoms with van der Waals surface area (Å²) in [6.45, 7) is 2.19. The summed E-state index contributed by atoms with van der Waals surface area (Å²) >= 11 is 5.22. The molecule has 0 atom stereocenters. The Morgan fingerprint density at radius 2 is 1.31 bits per heavy atom. The van der Waals surface area contributed by atoms with E-state index in [0.29, 0.717) is 0 Å². The molecule has 0 radical (unpaired) electrons. The first-order chi connectivity index (χ1) is 14.1. The number of unbranched alkanes of at least 4 members (excludes halogenated alkanes) is 1. The van der Waals surface area contributed by atoms with Gasteiger partial charge in [0, 0.05) is 16.5 Å². The van der Waals surface area contributed by atoms with Crippen LogP contribution >= 0.6 is 11.6 Å². The molecule has 3 aromatic rings. The second kappa shape index (κ2) is 9.92. The highest BCUT2D eigenvalue weighted by atomic mass is 35.5. The molecule has 0 saturated heterocycles. The van der Waals surface area contributed by atoms with Crippen molar-refractivity contribution < 1.29 is 8.78 Å². The molecular formula is C26H19ClF2. The Morgan fingerprint density at radius 1 is 0.759 bits per heavy atom. The minimum atomic E-state index is -0.778. The van der Waals surface area contributed by atoms with E-state index in [1.165, 1.54) is 18.4 Å². The molecule has 0 aliphatic heterocycles. The van der Waals surface area contributed by atoms with E-state index in [9.17, 15) is 8.78 Å². The van der Waals surface area contributed by atoms with Crippen LogP contribution in [-0.2, 0) is 6.42 Å². The number of aryl methyl sites for hydroxylation is 1. The average molecular weight is 405 g/mol. The molecule has 0 aliphatic rings. The molecule has 29 heavy (non-hydrogen) atoms. The van der Waals surface area contributed by atoms with Crippen LogP contribution in [0, 0.1) is 34.8 Å². The van der Waals surface area contributed by atoms with Gasteiger partial charge in [0.1, 0.15) is 11.6 Å². The van der Waals surface area contributed by atoms with Crippen LogP contribution in [0.1, 0.15) is 42.0 Å². The summed E-state index contributed by atoms with van der Waals surface area (Å²) < 4.78 is 27.8. The molecule has 0 heterocycles. The number of rotatable bonds is 4. The Morgan fingerprint density at radius 3 is 1.86 bits per heavy atom. The normalized spacial score (nSPS) is 9.93. The lowest BCUT2D eigenvalue weighted by atomic mass is 10.0. The van der Waals surface area contributed by atoms with Crippen LogP contribution in [0.25, 0.3) is 11.1 Å². The number of halogens is 3. The first-order valence-electron chi connectivity index (χ1n) is 9.43. The Labute approximate surface area is 175 Å². The predicted octanol–water partition coefficient (Wildman–Crippen LogP) is 6.92. The van der Waals surface area contributed by atoms with E-state index < -0.39 is 11.6 Å². The highest BCUT2D eigenvalue weighted by Crippen LogP contribution is 2.21. The van der Waals surface area contributed by atoms with E-state index in [2.05, 4.69) is 49.0 Å². The molecular weight excluding hydrogens is 386 g/mol. The zero-order valence-electron chi connectivity index (χ0n) is 16.0. The summed E-state index contributed by atoms with van der Waals surface area (Å²) in [6, 6.07) is 18.7. The van der Waals surface area contributed by atoms with Crippen LogP contribution in [0.2, 0.25) is 0 Å². The molecule has 0 aromatic heterocycles. The van der Waals surface area contributed by atoms with Gasteiger partial charge in [-0.15, -0.1) is 0 Å². The second-order valence-corrected chi connectivity index (χ2v) is 6.85. The van der Waals surface area contributed by atoms with Gasteiger partial charge in [-0.2, -0.15) is 0 Å². The Hall–Kier alpha value is -3.07. The zero-order valence-corrected chi connectivity index (χ0v) is 16.8. The van der Waals surface area contributed by atoms with Crippen molar-refractivity contribution in [1.29, 1.82) is 0 Å². The van der Waals surface area contributed by atoms with Gasteiger partial charge in [0.15, 0.2) is 0 Å². The van der Waals surface area contributed by atoms with Crippen molar-refractivity contribution in [1.82, 2.24) is 0 Å². The number of hydrogen-bond acceptors (Lipinski definition) is 0. The molecule has 0 bridgehead atoms. The lowest BCUT2D eigenvalue weighted by Gasteiger charge is -2.04. The van der Waals surface area contributed by atoms with Crippen molar-refractivity contribution in [3.05, 3.63) is 94.6 Å². The maximum atomic E-state index is 13.9. The van der Waals surface area contributed by atoms with Crippen molar-refractivity contribution in [3.8, 4) is 34.3 Å². The molecule has 0 amide bonds. The van der Waals surface area contributed by atoms with Gasteiger partial charge in [-0.1, -0.05) is 61.6 Å².